The zero-order valence-electron chi connectivity index (χ0n) is 10.8. The Morgan fingerprint density at radius 1 is 1.38 bits per heavy atom. The Morgan fingerprint density at radius 2 is 2.14 bits per heavy atom. The first-order chi connectivity index (χ1) is 9.88. The third kappa shape index (κ3) is 4.15. The minimum Gasteiger partial charge on any atom is -0.389 e. The highest BCUT2D eigenvalue weighted by molar-refractivity contribution is 7.80. The summed E-state index contributed by atoms with van der Waals surface area (Å²) in [4.78, 5) is 3.84. The number of nitrogens with one attached hydrogen (secondary N) is 1. The van der Waals surface area contributed by atoms with E-state index in [1.807, 2.05) is 5.38 Å². The van der Waals surface area contributed by atoms with Crippen LogP contribution in [0, 0.1) is 0 Å². The van der Waals surface area contributed by atoms with Crippen LogP contribution >= 0.6 is 23.6 Å². The molecule has 0 aliphatic rings. The monoisotopic (exact) mass is 331 g/mol. The molecule has 1 heterocycles. The van der Waals surface area contributed by atoms with Gasteiger partial charge in [-0.1, -0.05) is 12.2 Å². The van der Waals surface area contributed by atoms with Gasteiger partial charge in [-0.25, -0.2) is 4.98 Å². The number of benzene rings is 1. The van der Waals surface area contributed by atoms with E-state index in [9.17, 15) is 13.2 Å². The average molecular weight is 331 g/mol. The van der Waals surface area contributed by atoms with Crippen molar-refractivity contribution in [3.63, 3.8) is 0 Å². The van der Waals surface area contributed by atoms with E-state index in [1.165, 1.54) is 23.5 Å². The molecule has 2 rings (SSSR count). The molecule has 0 bridgehead atoms. The fraction of sp³-hybridized carbons (Fsp3) is 0.231. The molecule has 21 heavy (non-hydrogen) atoms. The normalized spacial score (nSPS) is 11.4. The van der Waals surface area contributed by atoms with E-state index < -0.39 is 11.7 Å². The van der Waals surface area contributed by atoms with Crippen molar-refractivity contribution in [3.05, 3.63) is 45.9 Å². The Balaban J connectivity index is 2.12. The first-order valence-corrected chi connectivity index (χ1v) is 7.35. The van der Waals surface area contributed by atoms with Crippen LogP contribution in [0.5, 0.6) is 0 Å². The van der Waals surface area contributed by atoms with Crippen molar-refractivity contribution >= 4 is 34.2 Å². The van der Waals surface area contributed by atoms with Crippen molar-refractivity contribution in [1.29, 1.82) is 0 Å². The second kappa shape index (κ2) is 6.40. The van der Waals surface area contributed by atoms with Crippen LogP contribution in [0.4, 0.5) is 18.9 Å². The molecule has 0 aliphatic carbocycles. The van der Waals surface area contributed by atoms with Gasteiger partial charge in [0, 0.05) is 29.6 Å². The van der Waals surface area contributed by atoms with Crippen molar-refractivity contribution in [2.24, 2.45) is 5.73 Å². The Morgan fingerprint density at radius 3 is 2.71 bits per heavy atom. The minimum atomic E-state index is -4.49. The largest absolute Gasteiger partial charge is 0.417 e. The molecule has 1 aromatic carbocycles. The van der Waals surface area contributed by atoms with E-state index >= 15 is 0 Å². The smallest absolute Gasteiger partial charge is 0.389 e. The fourth-order valence-electron chi connectivity index (χ4n) is 1.80. The number of nitrogens with zero attached hydrogens (tertiary/aromatic N) is 1. The Bertz CT molecular complexity index is 624. The van der Waals surface area contributed by atoms with Gasteiger partial charge < -0.3 is 11.1 Å². The molecule has 3 N–H and O–H groups in total. The molecule has 8 heteroatoms. The summed E-state index contributed by atoms with van der Waals surface area (Å²) in [5, 5.41) is 4.84. The van der Waals surface area contributed by atoms with Crippen LogP contribution in [0.3, 0.4) is 0 Å². The maximum Gasteiger partial charge on any atom is 0.417 e. The lowest BCUT2D eigenvalue weighted by Gasteiger charge is -2.14. The van der Waals surface area contributed by atoms with Crippen LogP contribution in [-0.4, -0.2) is 16.5 Å². The number of aromatic nitrogens is 1. The van der Waals surface area contributed by atoms with Crippen LogP contribution in [-0.2, 0) is 12.6 Å². The molecule has 0 spiro atoms. The quantitative estimate of drug-likeness (QED) is 0.824. The van der Waals surface area contributed by atoms with Gasteiger partial charge in [-0.15, -0.1) is 11.3 Å². The topological polar surface area (TPSA) is 50.9 Å². The lowest BCUT2D eigenvalue weighted by atomic mass is 10.1. The molecule has 1 aromatic heterocycles. The van der Waals surface area contributed by atoms with Gasteiger partial charge in [0.1, 0.15) is 4.99 Å². The van der Waals surface area contributed by atoms with Crippen LogP contribution in [0.25, 0.3) is 0 Å². The van der Waals surface area contributed by atoms with Crippen molar-refractivity contribution in [3.8, 4) is 0 Å². The van der Waals surface area contributed by atoms with Crippen molar-refractivity contribution in [2.45, 2.75) is 12.6 Å². The number of thiocarbonyl (C=S) groups is 1. The predicted molar refractivity (Wildman–Crippen MR) is 81.6 cm³/mol. The first kappa shape index (κ1) is 15.7. The SMILES string of the molecule is NC(=S)c1ccc(NCCc2cscn2)cc1C(F)(F)F. The van der Waals surface area contributed by atoms with Crippen LogP contribution < -0.4 is 11.1 Å². The number of alkyl halides is 3. The van der Waals surface area contributed by atoms with Crippen LogP contribution in [0.2, 0.25) is 0 Å². The number of nitrogens with two attached hydrogens (primary N) is 1. The Kier molecular flexibility index (Phi) is 4.79. The molecule has 2 aromatic rings. The number of hydrogen-bond acceptors (Lipinski definition) is 4. The lowest BCUT2D eigenvalue weighted by molar-refractivity contribution is -0.137. The maximum absolute atomic E-state index is 13.0. The number of anilines is 1. The molecule has 0 aliphatic heterocycles. The zero-order chi connectivity index (χ0) is 15.5. The van der Waals surface area contributed by atoms with Gasteiger partial charge in [-0.2, -0.15) is 13.2 Å². The third-order valence-electron chi connectivity index (χ3n) is 2.78. The van der Waals surface area contributed by atoms with Gasteiger partial charge in [0.25, 0.3) is 0 Å². The number of halogens is 3. The summed E-state index contributed by atoms with van der Waals surface area (Å²) in [7, 11) is 0. The first-order valence-electron chi connectivity index (χ1n) is 6.00. The van der Waals surface area contributed by atoms with Gasteiger partial charge in [0.2, 0.25) is 0 Å². The van der Waals surface area contributed by atoms with E-state index in [1.54, 1.807) is 5.51 Å². The van der Waals surface area contributed by atoms with Gasteiger partial charge in [0.05, 0.1) is 16.8 Å². The highest BCUT2D eigenvalue weighted by atomic mass is 32.1. The van der Waals surface area contributed by atoms with E-state index in [4.69, 9.17) is 5.73 Å². The summed E-state index contributed by atoms with van der Waals surface area (Å²) in [6.45, 7) is 0.494. The van der Waals surface area contributed by atoms with E-state index in [0.29, 0.717) is 18.7 Å². The molecular weight excluding hydrogens is 319 g/mol. The standard InChI is InChI=1S/C13H12F3N3S2/c14-13(15,16)11-5-8(1-2-10(11)12(17)20)18-4-3-9-6-21-7-19-9/h1-2,5-7,18H,3-4H2,(H2,17,20). The summed E-state index contributed by atoms with van der Waals surface area (Å²) < 4.78 is 38.9. The van der Waals surface area contributed by atoms with Crippen LogP contribution in [0.1, 0.15) is 16.8 Å². The number of thiazole rings is 1. The van der Waals surface area contributed by atoms with Crippen LogP contribution in [0.15, 0.2) is 29.1 Å². The second-order valence-electron chi connectivity index (χ2n) is 4.28. The van der Waals surface area contributed by atoms with Crippen molar-refractivity contribution < 1.29 is 13.2 Å². The maximum atomic E-state index is 13.0. The summed E-state index contributed by atoms with van der Waals surface area (Å²) in [5.74, 6) is 0. The lowest BCUT2D eigenvalue weighted by Crippen LogP contribution is -2.18. The molecule has 0 unspecified atom stereocenters. The molecule has 112 valence electrons. The van der Waals surface area contributed by atoms with Gasteiger partial charge in [-0.3, -0.25) is 0 Å². The third-order valence-corrected chi connectivity index (χ3v) is 3.64. The second-order valence-corrected chi connectivity index (χ2v) is 5.44. The molecule has 0 fully saturated rings. The van der Waals surface area contributed by atoms with Gasteiger partial charge in [-0.05, 0) is 18.2 Å². The van der Waals surface area contributed by atoms with Gasteiger partial charge in [0.15, 0.2) is 0 Å². The Labute approximate surface area is 129 Å². The molecule has 0 saturated carbocycles. The fourth-order valence-corrected chi connectivity index (χ4v) is 2.57. The number of rotatable bonds is 5. The molecular formula is C13H12F3N3S2. The zero-order valence-corrected chi connectivity index (χ0v) is 12.4. The van der Waals surface area contributed by atoms with Crippen molar-refractivity contribution in [1.82, 2.24) is 4.98 Å². The molecule has 0 saturated heterocycles. The van der Waals surface area contributed by atoms with E-state index in [0.717, 1.165) is 11.8 Å². The minimum absolute atomic E-state index is 0.164. The highest BCUT2D eigenvalue weighted by Gasteiger charge is 2.34. The van der Waals surface area contributed by atoms with Crippen molar-refractivity contribution in [2.75, 3.05) is 11.9 Å². The molecule has 3 nitrogen and oxygen atoms in total. The van der Waals surface area contributed by atoms with E-state index in [2.05, 4.69) is 22.5 Å². The molecule has 0 atom stereocenters. The van der Waals surface area contributed by atoms with Gasteiger partial charge >= 0.3 is 6.18 Å². The molecule has 0 amide bonds. The predicted octanol–water partition coefficient (Wildman–Crippen LogP) is 3.45. The van der Waals surface area contributed by atoms with E-state index in [-0.39, 0.29) is 10.6 Å². The highest BCUT2D eigenvalue weighted by Crippen LogP contribution is 2.33. The summed E-state index contributed by atoms with van der Waals surface area (Å²) in [6, 6.07) is 3.84. The number of hydrogen-bond donors (Lipinski definition) is 2. The summed E-state index contributed by atoms with van der Waals surface area (Å²) in [6.07, 6.45) is -3.85. The Hall–Kier alpha value is -1.67. The molecule has 0 radical (unpaired) electrons. The summed E-state index contributed by atoms with van der Waals surface area (Å²) >= 11 is 6.13. The summed E-state index contributed by atoms with van der Waals surface area (Å²) in [5.41, 5.74) is 7.33. The average Bonchev–Trinajstić information content (AvgIpc) is 2.90.